The highest BCUT2D eigenvalue weighted by Crippen LogP contribution is 2.12. The minimum atomic E-state index is -0.385. The van der Waals surface area contributed by atoms with Gasteiger partial charge in [0.05, 0.1) is 18.4 Å². The van der Waals surface area contributed by atoms with E-state index in [1.54, 1.807) is 12.2 Å². The van der Waals surface area contributed by atoms with Gasteiger partial charge in [0.25, 0.3) is 0 Å². The molecule has 0 radical (unpaired) electrons. The van der Waals surface area contributed by atoms with Crippen molar-refractivity contribution in [1.82, 2.24) is 0 Å². The van der Waals surface area contributed by atoms with Crippen LogP contribution in [0.15, 0.2) is 36.6 Å². The summed E-state index contributed by atoms with van der Waals surface area (Å²) in [5, 5.41) is 0. The van der Waals surface area contributed by atoms with E-state index in [1.165, 1.54) is 6.26 Å². The average Bonchev–Trinajstić information content (AvgIpc) is 2.29. The molecule has 0 N–H and O–H groups in total. The number of rotatable bonds is 5. The lowest BCUT2D eigenvalue weighted by Crippen LogP contribution is -2.20. The van der Waals surface area contributed by atoms with Crippen LogP contribution in [-0.4, -0.2) is 18.7 Å². The SMILES string of the molecule is C=C(C(=O)OCCCC)C1C=CC=CO1. The molecule has 15 heavy (non-hydrogen) atoms. The predicted molar refractivity (Wildman–Crippen MR) is 58.2 cm³/mol. The molecule has 3 heteroatoms. The van der Waals surface area contributed by atoms with Crippen molar-refractivity contribution in [2.24, 2.45) is 0 Å². The minimum absolute atomic E-state index is 0.340. The average molecular weight is 208 g/mol. The van der Waals surface area contributed by atoms with Crippen LogP contribution in [-0.2, 0) is 14.3 Å². The summed E-state index contributed by atoms with van der Waals surface area (Å²) in [6.45, 7) is 6.16. The van der Waals surface area contributed by atoms with Crippen LogP contribution in [0.1, 0.15) is 19.8 Å². The quantitative estimate of drug-likeness (QED) is 0.395. The monoisotopic (exact) mass is 208 g/mol. The molecular formula is C12H16O3. The maximum atomic E-state index is 11.5. The van der Waals surface area contributed by atoms with E-state index in [-0.39, 0.29) is 12.1 Å². The lowest BCUT2D eigenvalue weighted by molar-refractivity contribution is -0.140. The Morgan fingerprint density at radius 3 is 2.93 bits per heavy atom. The first-order chi connectivity index (χ1) is 7.25. The van der Waals surface area contributed by atoms with Crippen molar-refractivity contribution in [3.63, 3.8) is 0 Å². The molecule has 0 aromatic rings. The van der Waals surface area contributed by atoms with Gasteiger partial charge in [-0.1, -0.05) is 26.0 Å². The van der Waals surface area contributed by atoms with Gasteiger partial charge in [-0.2, -0.15) is 0 Å². The molecule has 0 saturated heterocycles. The van der Waals surface area contributed by atoms with Crippen molar-refractivity contribution in [2.45, 2.75) is 25.9 Å². The van der Waals surface area contributed by atoms with E-state index in [4.69, 9.17) is 9.47 Å². The van der Waals surface area contributed by atoms with E-state index in [2.05, 4.69) is 6.58 Å². The maximum absolute atomic E-state index is 11.5. The molecule has 82 valence electrons. The van der Waals surface area contributed by atoms with Crippen LogP contribution in [0.5, 0.6) is 0 Å². The standard InChI is InChI=1S/C12H16O3/c1-3-4-8-15-12(13)10(2)11-7-5-6-9-14-11/h5-7,9,11H,2-4,8H2,1H3. The first kappa shape index (κ1) is 11.6. The minimum Gasteiger partial charge on any atom is -0.489 e. The number of ether oxygens (including phenoxy) is 2. The lowest BCUT2D eigenvalue weighted by Gasteiger charge is -2.16. The Morgan fingerprint density at radius 2 is 2.33 bits per heavy atom. The fourth-order valence-electron chi connectivity index (χ4n) is 1.10. The molecule has 1 heterocycles. The highest BCUT2D eigenvalue weighted by Gasteiger charge is 2.19. The number of carbonyl (C=O) groups excluding carboxylic acids is 1. The van der Waals surface area contributed by atoms with E-state index in [0.717, 1.165) is 12.8 Å². The molecule has 0 fully saturated rings. The molecule has 1 unspecified atom stereocenters. The van der Waals surface area contributed by atoms with Crippen molar-refractivity contribution in [2.75, 3.05) is 6.61 Å². The molecule has 0 spiro atoms. The highest BCUT2D eigenvalue weighted by atomic mass is 16.5. The zero-order valence-electron chi connectivity index (χ0n) is 8.94. The molecule has 0 aromatic carbocycles. The van der Waals surface area contributed by atoms with Gasteiger partial charge in [-0.25, -0.2) is 4.79 Å². The van der Waals surface area contributed by atoms with Crippen molar-refractivity contribution in [3.8, 4) is 0 Å². The Labute approximate surface area is 90.1 Å². The summed E-state index contributed by atoms with van der Waals surface area (Å²) < 4.78 is 10.2. The van der Waals surface area contributed by atoms with Crippen molar-refractivity contribution in [3.05, 3.63) is 36.6 Å². The smallest absolute Gasteiger partial charge is 0.337 e. The van der Waals surface area contributed by atoms with Crippen LogP contribution in [0.2, 0.25) is 0 Å². The zero-order chi connectivity index (χ0) is 11.1. The van der Waals surface area contributed by atoms with Gasteiger partial charge in [-0.3, -0.25) is 0 Å². The number of carbonyl (C=O) groups is 1. The van der Waals surface area contributed by atoms with Crippen molar-refractivity contribution < 1.29 is 14.3 Å². The van der Waals surface area contributed by atoms with Crippen molar-refractivity contribution >= 4 is 5.97 Å². The topological polar surface area (TPSA) is 35.5 Å². The molecular weight excluding hydrogens is 192 g/mol. The van der Waals surface area contributed by atoms with Gasteiger partial charge in [0.1, 0.15) is 6.10 Å². The Kier molecular flexibility index (Phi) is 4.68. The molecule has 0 saturated carbocycles. The van der Waals surface area contributed by atoms with Gasteiger partial charge >= 0.3 is 5.97 Å². The molecule has 0 aliphatic carbocycles. The molecule has 0 bridgehead atoms. The van der Waals surface area contributed by atoms with Gasteiger partial charge < -0.3 is 9.47 Å². The summed E-state index contributed by atoms with van der Waals surface area (Å²) in [6.07, 6.45) is 8.37. The number of unbranched alkanes of at least 4 members (excludes halogenated alkanes) is 1. The number of hydrogen-bond acceptors (Lipinski definition) is 3. The summed E-state index contributed by atoms with van der Waals surface area (Å²) >= 11 is 0. The highest BCUT2D eigenvalue weighted by molar-refractivity contribution is 5.89. The van der Waals surface area contributed by atoms with Crippen LogP contribution < -0.4 is 0 Å². The fraction of sp³-hybridized carbons (Fsp3) is 0.417. The Balaban J connectivity index is 2.36. The van der Waals surface area contributed by atoms with Crippen LogP contribution in [0.25, 0.3) is 0 Å². The number of allylic oxidation sites excluding steroid dienone is 2. The van der Waals surface area contributed by atoms with E-state index in [9.17, 15) is 4.79 Å². The summed E-state index contributed by atoms with van der Waals surface area (Å²) in [6, 6.07) is 0. The second-order valence-corrected chi connectivity index (χ2v) is 3.28. The molecule has 1 rings (SSSR count). The zero-order valence-corrected chi connectivity index (χ0v) is 8.94. The lowest BCUT2D eigenvalue weighted by atomic mass is 10.1. The molecule has 1 aliphatic heterocycles. The molecule has 0 aromatic heterocycles. The van der Waals surface area contributed by atoms with Crippen LogP contribution in [0.3, 0.4) is 0 Å². The molecule has 0 amide bonds. The summed E-state index contributed by atoms with van der Waals surface area (Å²) in [7, 11) is 0. The largest absolute Gasteiger partial charge is 0.489 e. The second kappa shape index (κ2) is 6.06. The van der Waals surface area contributed by atoms with Gasteiger partial charge in [-0.15, -0.1) is 0 Å². The Morgan fingerprint density at radius 1 is 1.53 bits per heavy atom. The van der Waals surface area contributed by atoms with E-state index in [1.807, 2.05) is 13.0 Å². The maximum Gasteiger partial charge on any atom is 0.337 e. The number of hydrogen-bond donors (Lipinski definition) is 0. The van der Waals surface area contributed by atoms with Crippen molar-refractivity contribution in [1.29, 1.82) is 0 Å². The Bertz CT molecular complexity index is 289. The Hall–Kier alpha value is -1.51. The van der Waals surface area contributed by atoms with E-state index < -0.39 is 0 Å². The van der Waals surface area contributed by atoms with Crippen LogP contribution in [0.4, 0.5) is 0 Å². The van der Waals surface area contributed by atoms with Crippen LogP contribution in [0, 0.1) is 0 Å². The van der Waals surface area contributed by atoms with Gasteiger partial charge in [0.2, 0.25) is 0 Å². The molecule has 3 nitrogen and oxygen atoms in total. The second-order valence-electron chi connectivity index (χ2n) is 3.28. The summed E-state index contributed by atoms with van der Waals surface area (Å²) in [5.41, 5.74) is 0.340. The first-order valence-corrected chi connectivity index (χ1v) is 5.10. The number of esters is 1. The summed E-state index contributed by atoms with van der Waals surface area (Å²) in [4.78, 5) is 11.5. The van der Waals surface area contributed by atoms with E-state index >= 15 is 0 Å². The van der Waals surface area contributed by atoms with E-state index in [0.29, 0.717) is 12.2 Å². The first-order valence-electron chi connectivity index (χ1n) is 5.10. The third kappa shape index (κ3) is 3.62. The van der Waals surface area contributed by atoms with Gasteiger partial charge in [0.15, 0.2) is 0 Å². The summed E-state index contributed by atoms with van der Waals surface area (Å²) in [5.74, 6) is -0.381. The predicted octanol–water partition coefficient (Wildman–Crippen LogP) is 2.35. The fourth-order valence-corrected chi connectivity index (χ4v) is 1.10. The molecule has 1 aliphatic rings. The molecule has 1 atom stereocenters. The third-order valence-electron chi connectivity index (χ3n) is 2.04. The van der Waals surface area contributed by atoms with Gasteiger partial charge in [0, 0.05) is 0 Å². The normalized spacial score (nSPS) is 18.3. The van der Waals surface area contributed by atoms with Crippen LogP contribution >= 0.6 is 0 Å². The van der Waals surface area contributed by atoms with Gasteiger partial charge in [-0.05, 0) is 18.6 Å². The third-order valence-corrected chi connectivity index (χ3v) is 2.04.